The summed E-state index contributed by atoms with van der Waals surface area (Å²) in [7, 11) is 2.92. The lowest BCUT2D eigenvalue weighted by Crippen LogP contribution is -2.32. The highest BCUT2D eigenvalue weighted by molar-refractivity contribution is 5.97. The van der Waals surface area contributed by atoms with Crippen molar-refractivity contribution in [2.75, 3.05) is 7.11 Å². The quantitative estimate of drug-likeness (QED) is 0.722. The number of amides is 1. The monoisotopic (exact) mass is 383 g/mol. The Bertz CT molecular complexity index is 1070. The fourth-order valence-electron chi connectivity index (χ4n) is 2.71. The van der Waals surface area contributed by atoms with Crippen molar-refractivity contribution in [2.45, 2.75) is 13.0 Å². The molecule has 28 heavy (non-hydrogen) atoms. The SMILES string of the molecule is COc1cc(F)ccc1C(=O)NC(C)c1nc(-c2ccncn2)cc(=O)n1C. The first-order valence-electron chi connectivity index (χ1n) is 8.39. The Kier molecular flexibility index (Phi) is 5.44. The summed E-state index contributed by atoms with van der Waals surface area (Å²) in [4.78, 5) is 37.4. The molecule has 2 heterocycles. The van der Waals surface area contributed by atoms with E-state index in [4.69, 9.17) is 4.74 Å². The van der Waals surface area contributed by atoms with Gasteiger partial charge in [0.2, 0.25) is 0 Å². The lowest BCUT2D eigenvalue weighted by Gasteiger charge is -2.18. The number of carbonyl (C=O) groups excluding carboxylic acids is 1. The maximum atomic E-state index is 13.4. The molecule has 0 aliphatic heterocycles. The molecular formula is C19H18FN5O3. The minimum atomic E-state index is -0.609. The van der Waals surface area contributed by atoms with Crippen LogP contribution in [-0.2, 0) is 7.05 Å². The van der Waals surface area contributed by atoms with Gasteiger partial charge < -0.3 is 10.1 Å². The number of ether oxygens (including phenoxy) is 1. The molecule has 1 N–H and O–H groups in total. The second-order valence-corrected chi connectivity index (χ2v) is 6.03. The van der Waals surface area contributed by atoms with Gasteiger partial charge in [0.15, 0.2) is 0 Å². The van der Waals surface area contributed by atoms with Crippen LogP contribution in [0.1, 0.15) is 29.1 Å². The van der Waals surface area contributed by atoms with Gasteiger partial charge in [0.05, 0.1) is 30.1 Å². The molecule has 1 aromatic carbocycles. The number of methoxy groups -OCH3 is 1. The molecule has 1 unspecified atom stereocenters. The van der Waals surface area contributed by atoms with Gasteiger partial charge in [-0.1, -0.05) is 0 Å². The van der Waals surface area contributed by atoms with E-state index < -0.39 is 17.8 Å². The van der Waals surface area contributed by atoms with Gasteiger partial charge in [0.1, 0.15) is 23.7 Å². The van der Waals surface area contributed by atoms with Crippen molar-refractivity contribution in [1.29, 1.82) is 0 Å². The third kappa shape index (κ3) is 3.88. The van der Waals surface area contributed by atoms with Crippen LogP contribution in [0, 0.1) is 5.82 Å². The third-order valence-electron chi connectivity index (χ3n) is 4.16. The molecule has 0 bridgehead atoms. The van der Waals surface area contributed by atoms with Gasteiger partial charge in [-0.05, 0) is 25.1 Å². The van der Waals surface area contributed by atoms with Crippen molar-refractivity contribution < 1.29 is 13.9 Å². The minimum Gasteiger partial charge on any atom is -0.496 e. The molecule has 9 heteroatoms. The molecule has 144 valence electrons. The number of hydrogen-bond acceptors (Lipinski definition) is 6. The molecule has 0 aliphatic carbocycles. The molecule has 0 radical (unpaired) electrons. The number of aromatic nitrogens is 4. The first-order valence-corrected chi connectivity index (χ1v) is 8.39. The van der Waals surface area contributed by atoms with Gasteiger partial charge in [-0.25, -0.2) is 19.3 Å². The van der Waals surface area contributed by atoms with Gasteiger partial charge in [0.25, 0.3) is 11.5 Å². The number of rotatable bonds is 5. The highest BCUT2D eigenvalue weighted by atomic mass is 19.1. The molecule has 0 spiro atoms. The van der Waals surface area contributed by atoms with Crippen LogP contribution < -0.4 is 15.6 Å². The zero-order valence-electron chi connectivity index (χ0n) is 15.5. The number of benzene rings is 1. The number of halogens is 1. The first-order chi connectivity index (χ1) is 13.4. The molecule has 3 rings (SSSR count). The van der Waals surface area contributed by atoms with Crippen LogP contribution >= 0.6 is 0 Å². The molecule has 1 amide bonds. The van der Waals surface area contributed by atoms with E-state index >= 15 is 0 Å². The van der Waals surface area contributed by atoms with Crippen LogP contribution in [0.15, 0.2) is 47.7 Å². The number of nitrogens with one attached hydrogen (secondary N) is 1. The molecule has 0 saturated carbocycles. The van der Waals surface area contributed by atoms with E-state index in [2.05, 4.69) is 20.3 Å². The Labute approximate surface area is 160 Å². The fourth-order valence-corrected chi connectivity index (χ4v) is 2.71. The molecule has 0 fully saturated rings. The van der Waals surface area contributed by atoms with Crippen molar-refractivity contribution in [1.82, 2.24) is 24.8 Å². The summed E-state index contributed by atoms with van der Waals surface area (Å²) in [6, 6.07) is 6.03. The van der Waals surface area contributed by atoms with Gasteiger partial charge in [-0.15, -0.1) is 0 Å². The Morgan fingerprint density at radius 2 is 2.04 bits per heavy atom. The van der Waals surface area contributed by atoms with E-state index in [9.17, 15) is 14.0 Å². The van der Waals surface area contributed by atoms with E-state index in [1.165, 1.54) is 36.2 Å². The molecule has 1 atom stereocenters. The minimum absolute atomic E-state index is 0.112. The first kappa shape index (κ1) is 19.2. The maximum absolute atomic E-state index is 13.4. The molecular weight excluding hydrogens is 365 g/mol. The van der Waals surface area contributed by atoms with Crippen molar-refractivity contribution in [3.05, 3.63) is 70.4 Å². The Balaban J connectivity index is 1.92. The summed E-state index contributed by atoms with van der Waals surface area (Å²) in [5.41, 5.74) is 0.750. The fraction of sp³-hybridized carbons (Fsp3) is 0.211. The van der Waals surface area contributed by atoms with Gasteiger partial charge >= 0.3 is 0 Å². The number of hydrogen-bond donors (Lipinski definition) is 1. The standard InChI is InChI=1S/C19H18FN5O3/c1-11(23-19(27)13-5-4-12(20)8-16(13)28-3)18-24-15(9-17(26)25(18)2)14-6-7-21-10-22-14/h4-11H,1-3H3,(H,23,27). The van der Waals surface area contributed by atoms with E-state index in [0.717, 1.165) is 6.07 Å². The summed E-state index contributed by atoms with van der Waals surface area (Å²) in [6.45, 7) is 1.69. The highest BCUT2D eigenvalue weighted by Crippen LogP contribution is 2.21. The van der Waals surface area contributed by atoms with E-state index in [1.807, 2.05) is 0 Å². The van der Waals surface area contributed by atoms with Crippen LogP contribution in [0.25, 0.3) is 11.4 Å². The van der Waals surface area contributed by atoms with E-state index in [-0.39, 0.29) is 16.9 Å². The third-order valence-corrected chi connectivity index (χ3v) is 4.16. The normalized spacial score (nSPS) is 11.7. The average Bonchev–Trinajstić information content (AvgIpc) is 2.70. The largest absolute Gasteiger partial charge is 0.496 e. The van der Waals surface area contributed by atoms with Gasteiger partial charge in [-0.2, -0.15) is 0 Å². The van der Waals surface area contributed by atoms with Crippen LogP contribution in [0.5, 0.6) is 5.75 Å². The topological polar surface area (TPSA) is 99.0 Å². The lowest BCUT2D eigenvalue weighted by atomic mass is 10.1. The van der Waals surface area contributed by atoms with Crippen molar-refractivity contribution >= 4 is 5.91 Å². The second-order valence-electron chi connectivity index (χ2n) is 6.03. The Morgan fingerprint density at radius 1 is 1.25 bits per heavy atom. The smallest absolute Gasteiger partial charge is 0.255 e. The predicted octanol–water partition coefficient (Wildman–Crippen LogP) is 1.88. The average molecular weight is 383 g/mol. The molecule has 3 aromatic rings. The van der Waals surface area contributed by atoms with Crippen LogP contribution in [0.2, 0.25) is 0 Å². The van der Waals surface area contributed by atoms with E-state index in [1.54, 1.807) is 26.2 Å². The van der Waals surface area contributed by atoms with E-state index in [0.29, 0.717) is 17.2 Å². The van der Waals surface area contributed by atoms with Crippen LogP contribution in [0.4, 0.5) is 4.39 Å². The summed E-state index contributed by atoms with van der Waals surface area (Å²) in [5.74, 6) is -0.536. The molecule has 0 aliphatic rings. The van der Waals surface area contributed by atoms with Crippen molar-refractivity contribution in [3.63, 3.8) is 0 Å². The van der Waals surface area contributed by atoms with Gasteiger partial charge in [0, 0.05) is 25.4 Å². The van der Waals surface area contributed by atoms with Crippen molar-refractivity contribution in [2.24, 2.45) is 7.05 Å². The lowest BCUT2D eigenvalue weighted by molar-refractivity contribution is 0.0934. The van der Waals surface area contributed by atoms with Gasteiger partial charge in [-0.3, -0.25) is 14.2 Å². The van der Waals surface area contributed by atoms with Crippen LogP contribution in [0.3, 0.4) is 0 Å². The highest BCUT2D eigenvalue weighted by Gasteiger charge is 2.20. The molecule has 0 saturated heterocycles. The second kappa shape index (κ2) is 7.95. The van der Waals surface area contributed by atoms with Crippen LogP contribution in [-0.4, -0.2) is 32.5 Å². The zero-order valence-corrected chi connectivity index (χ0v) is 15.5. The zero-order chi connectivity index (χ0) is 20.3. The summed E-state index contributed by atoms with van der Waals surface area (Å²) < 4.78 is 19.8. The Hall–Kier alpha value is -3.62. The Morgan fingerprint density at radius 3 is 2.71 bits per heavy atom. The number of carbonyl (C=O) groups is 1. The summed E-state index contributed by atoms with van der Waals surface area (Å²) in [5, 5.41) is 2.76. The number of nitrogens with zero attached hydrogens (tertiary/aromatic N) is 4. The van der Waals surface area contributed by atoms with Crippen molar-refractivity contribution in [3.8, 4) is 17.1 Å². The summed E-state index contributed by atoms with van der Waals surface area (Å²) >= 11 is 0. The molecule has 2 aromatic heterocycles. The summed E-state index contributed by atoms with van der Waals surface area (Å²) in [6.07, 6.45) is 2.91. The predicted molar refractivity (Wildman–Crippen MR) is 99.3 cm³/mol. The molecule has 8 nitrogen and oxygen atoms in total. The maximum Gasteiger partial charge on any atom is 0.255 e.